The highest BCUT2D eigenvalue weighted by molar-refractivity contribution is 6.80. The van der Waals surface area contributed by atoms with Crippen molar-refractivity contribution in [2.75, 3.05) is 7.11 Å². The molecule has 0 saturated carbocycles. The monoisotopic (exact) mass is 199 g/mol. The van der Waals surface area contributed by atoms with Crippen molar-refractivity contribution in [2.45, 2.75) is 51.1 Å². The summed E-state index contributed by atoms with van der Waals surface area (Å²) in [6.45, 7) is 8.72. The molecule has 0 rings (SSSR count). The van der Waals surface area contributed by atoms with Crippen LogP contribution < -0.4 is 0 Å². The molecule has 0 aliphatic rings. The fourth-order valence-electron chi connectivity index (χ4n) is 2.00. The van der Waals surface area contributed by atoms with Crippen LogP contribution in [0.4, 0.5) is 0 Å². The van der Waals surface area contributed by atoms with Crippen LogP contribution in [-0.2, 0) is 4.74 Å². The van der Waals surface area contributed by atoms with E-state index in [0.717, 1.165) is 12.8 Å². The van der Waals surface area contributed by atoms with Gasteiger partial charge in [-0.05, 0) is 12.8 Å². The van der Waals surface area contributed by atoms with Gasteiger partial charge in [0, 0.05) is 18.4 Å². The largest absolute Gasteiger partial charge is 0.385 e. The normalized spacial score (nSPS) is 16.3. The van der Waals surface area contributed by atoms with Crippen LogP contribution >= 0.6 is 0 Å². The van der Waals surface area contributed by atoms with Crippen LogP contribution in [0.5, 0.6) is 0 Å². The molecule has 0 bridgehead atoms. The van der Waals surface area contributed by atoms with Crippen molar-refractivity contribution in [3.8, 4) is 6.07 Å². The third-order valence-electron chi connectivity index (χ3n) is 2.95. The number of methoxy groups -OCH3 is 1. The Morgan fingerprint density at radius 1 is 1.31 bits per heavy atom. The van der Waals surface area contributed by atoms with E-state index in [1.165, 1.54) is 0 Å². The molecule has 0 radical (unpaired) electrons. The van der Waals surface area contributed by atoms with E-state index in [9.17, 15) is 0 Å². The molecular weight excluding hydrogens is 178 g/mol. The number of ether oxygens (including phenoxy) is 1. The van der Waals surface area contributed by atoms with Gasteiger partial charge in [-0.2, -0.15) is 5.26 Å². The zero-order valence-electron chi connectivity index (χ0n) is 9.42. The van der Waals surface area contributed by atoms with E-state index in [0.29, 0.717) is 5.73 Å². The van der Waals surface area contributed by atoms with Crippen molar-refractivity contribution in [1.82, 2.24) is 0 Å². The van der Waals surface area contributed by atoms with E-state index in [-0.39, 0.29) is 5.54 Å². The third kappa shape index (κ3) is 2.82. The molecule has 0 amide bonds. The average molecular weight is 199 g/mol. The Balaban J connectivity index is 4.60. The lowest BCUT2D eigenvalue weighted by atomic mass is 10.4. The summed E-state index contributed by atoms with van der Waals surface area (Å²) in [6, 6.07) is 2.42. The van der Waals surface area contributed by atoms with Crippen LogP contribution in [-0.4, -0.2) is 20.9 Å². The summed E-state index contributed by atoms with van der Waals surface area (Å²) in [7, 11) is 0.211. The summed E-state index contributed by atoms with van der Waals surface area (Å²) in [5.74, 6) is 0. The minimum atomic E-state index is -1.55. The maximum Gasteiger partial charge on any atom is 0.100 e. The molecule has 0 aliphatic heterocycles. The first-order valence-electron chi connectivity index (χ1n) is 4.96. The van der Waals surface area contributed by atoms with Gasteiger partial charge in [0.15, 0.2) is 0 Å². The van der Waals surface area contributed by atoms with E-state index in [4.69, 9.17) is 10.00 Å². The van der Waals surface area contributed by atoms with Crippen molar-refractivity contribution >= 4 is 8.07 Å². The Labute approximate surface area is 82.9 Å². The average Bonchev–Trinajstić information content (AvgIpc) is 2.07. The smallest absolute Gasteiger partial charge is 0.100 e. The molecule has 2 unspecified atom stereocenters. The third-order valence-corrected chi connectivity index (χ3v) is 7.58. The first kappa shape index (κ1) is 12.7. The quantitative estimate of drug-likeness (QED) is 0.638. The van der Waals surface area contributed by atoms with Crippen LogP contribution in [0.25, 0.3) is 0 Å². The zero-order chi connectivity index (χ0) is 10.5. The van der Waals surface area contributed by atoms with E-state index in [2.05, 4.69) is 33.0 Å². The Morgan fingerprint density at radius 2 is 1.85 bits per heavy atom. The lowest BCUT2D eigenvalue weighted by Crippen LogP contribution is -2.46. The Kier molecular flexibility index (Phi) is 5.27. The topological polar surface area (TPSA) is 33.0 Å². The zero-order valence-corrected chi connectivity index (χ0v) is 10.4. The van der Waals surface area contributed by atoms with Crippen molar-refractivity contribution in [3.63, 3.8) is 0 Å². The van der Waals surface area contributed by atoms with E-state index in [1.54, 1.807) is 7.11 Å². The Morgan fingerprint density at radius 3 is 2.08 bits per heavy atom. The highest BCUT2D eigenvalue weighted by Crippen LogP contribution is 2.30. The van der Waals surface area contributed by atoms with Crippen molar-refractivity contribution in [2.24, 2.45) is 0 Å². The molecule has 0 saturated heterocycles. The molecule has 0 fully saturated rings. The summed E-state index contributed by atoms with van der Waals surface area (Å²) in [5, 5.41) is 9.03. The summed E-state index contributed by atoms with van der Waals surface area (Å²) >= 11 is 0. The first-order valence-corrected chi connectivity index (χ1v) is 8.12. The van der Waals surface area contributed by atoms with Crippen LogP contribution in [0, 0.1) is 11.3 Å². The highest BCUT2D eigenvalue weighted by Gasteiger charge is 2.38. The number of nitrogens with zero attached hydrogens (tertiary/aromatic N) is 1. The second-order valence-electron chi connectivity index (χ2n) is 4.04. The van der Waals surface area contributed by atoms with E-state index in [1.807, 2.05) is 0 Å². The van der Waals surface area contributed by atoms with Crippen LogP contribution in [0.3, 0.4) is 0 Å². The van der Waals surface area contributed by atoms with Gasteiger partial charge in [-0.3, -0.25) is 0 Å². The molecule has 76 valence electrons. The summed E-state index contributed by atoms with van der Waals surface area (Å²) in [6.07, 6.45) is 1.98. The molecule has 2 nitrogen and oxygen atoms in total. The molecule has 0 aromatic rings. The van der Waals surface area contributed by atoms with Gasteiger partial charge in [0.1, 0.15) is 8.07 Å². The second kappa shape index (κ2) is 5.41. The molecule has 2 atom stereocenters. The fourth-order valence-corrected chi connectivity index (χ4v) is 5.50. The number of hydrogen-bond acceptors (Lipinski definition) is 2. The van der Waals surface area contributed by atoms with Crippen LogP contribution in [0.2, 0.25) is 18.6 Å². The molecule has 13 heavy (non-hydrogen) atoms. The molecular formula is C10H21NOSi. The summed E-state index contributed by atoms with van der Waals surface area (Å²) in [4.78, 5) is 0. The molecule has 0 aromatic carbocycles. The first-order chi connectivity index (χ1) is 6.04. The molecule has 0 aliphatic carbocycles. The van der Waals surface area contributed by atoms with Gasteiger partial charge in [0.05, 0.1) is 6.07 Å². The van der Waals surface area contributed by atoms with Gasteiger partial charge in [0.2, 0.25) is 0 Å². The predicted molar refractivity (Wildman–Crippen MR) is 58.2 cm³/mol. The van der Waals surface area contributed by atoms with Crippen LogP contribution in [0.15, 0.2) is 0 Å². The van der Waals surface area contributed by atoms with Gasteiger partial charge in [-0.15, -0.1) is 0 Å². The molecule has 0 N–H and O–H groups in total. The van der Waals surface area contributed by atoms with E-state index < -0.39 is 8.07 Å². The standard InChI is InChI=1S/C10H21NOSi/c1-6-9(8-11)13(4,5)10(7-2)12-3/h9-10H,6-7H2,1-5H3. The minimum Gasteiger partial charge on any atom is -0.385 e. The molecule has 0 heterocycles. The number of nitriles is 1. The molecule has 0 aromatic heterocycles. The predicted octanol–water partition coefficient (Wildman–Crippen LogP) is 2.96. The molecule has 0 spiro atoms. The van der Waals surface area contributed by atoms with Gasteiger partial charge in [0.25, 0.3) is 0 Å². The Bertz CT molecular complexity index is 182. The van der Waals surface area contributed by atoms with E-state index >= 15 is 0 Å². The molecule has 3 heteroatoms. The lowest BCUT2D eigenvalue weighted by Gasteiger charge is -2.33. The Hall–Kier alpha value is -0.333. The lowest BCUT2D eigenvalue weighted by molar-refractivity contribution is 0.153. The van der Waals surface area contributed by atoms with Crippen molar-refractivity contribution in [3.05, 3.63) is 0 Å². The van der Waals surface area contributed by atoms with Gasteiger partial charge in [-0.1, -0.05) is 26.9 Å². The number of hydrogen-bond donors (Lipinski definition) is 0. The van der Waals surface area contributed by atoms with Gasteiger partial charge >= 0.3 is 0 Å². The summed E-state index contributed by atoms with van der Waals surface area (Å²) < 4.78 is 5.46. The second-order valence-corrected chi connectivity index (χ2v) is 9.03. The fraction of sp³-hybridized carbons (Fsp3) is 0.900. The minimum absolute atomic E-state index is 0.220. The number of rotatable bonds is 5. The van der Waals surface area contributed by atoms with Gasteiger partial charge in [-0.25, -0.2) is 0 Å². The highest BCUT2D eigenvalue weighted by atomic mass is 28.3. The van der Waals surface area contributed by atoms with Gasteiger partial charge < -0.3 is 4.74 Å². The van der Waals surface area contributed by atoms with Crippen molar-refractivity contribution < 1.29 is 4.74 Å². The summed E-state index contributed by atoms with van der Waals surface area (Å²) in [5.41, 5.74) is 0.537. The maximum absolute atomic E-state index is 9.03. The van der Waals surface area contributed by atoms with Crippen molar-refractivity contribution in [1.29, 1.82) is 5.26 Å². The van der Waals surface area contributed by atoms with Crippen LogP contribution in [0.1, 0.15) is 26.7 Å². The maximum atomic E-state index is 9.03. The SMILES string of the molecule is CCC(C#N)[Si](C)(C)C(CC)OC.